The molecule has 0 fully saturated rings. The molecule has 2 unspecified atom stereocenters. The van der Waals surface area contributed by atoms with Gasteiger partial charge in [0.15, 0.2) is 11.7 Å². The average Bonchev–Trinajstić information content (AvgIpc) is 3.28. The lowest BCUT2D eigenvalue weighted by atomic mass is 9.76. The van der Waals surface area contributed by atoms with Crippen molar-refractivity contribution >= 4 is 23.2 Å². The number of rotatable bonds is 5. The summed E-state index contributed by atoms with van der Waals surface area (Å²) >= 11 is 0. The van der Waals surface area contributed by atoms with E-state index in [1.54, 1.807) is 48.7 Å². The van der Waals surface area contributed by atoms with Crippen LogP contribution in [0.3, 0.4) is 0 Å². The Morgan fingerprint density at radius 3 is 2.60 bits per heavy atom. The van der Waals surface area contributed by atoms with E-state index >= 15 is 0 Å². The third-order valence-electron chi connectivity index (χ3n) is 5.46. The molecule has 0 bridgehead atoms. The second-order valence-corrected chi connectivity index (χ2v) is 7.16. The maximum atomic E-state index is 12.7. The second-order valence-electron chi connectivity index (χ2n) is 7.16. The lowest BCUT2D eigenvalue weighted by Gasteiger charge is -2.40. The highest BCUT2D eigenvalue weighted by Gasteiger charge is 2.51. The number of phenols is 1. The number of fused-ring (bicyclic) bond motifs is 1. The van der Waals surface area contributed by atoms with Gasteiger partial charge < -0.3 is 24.7 Å². The zero-order valence-corrected chi connectivity index (χ0v) is 16.8. The molecule has 1 aliphatic heterocycles. The minimum absolute atomic E-state index is 0.126. The van der Waals surface area contributed by atoms with Gasteiger partial charge in [-0.15, -0.1) is 0 Å². The number of amides is 1. The number of benzene rings is 2. The quantitative estimate of drug-likeness (QED) is 0.593. The Bertz CT molecular complexity index is 1090. The zero-order chi connectivity index (χ0) is 21.3. The summed E-state index contributed by atoms with van der Waals surface area (Å²) in [5.41, 5.74) is 0.517. The number of ether oxygens (including phenoxy) is 1. The number of hydrogen-bond donors (Lipinski definition) is 3. The van der Waals surface area contributed by atoms with Crippen LogP contribution in [0.25, 0.3) is 11.6 Å². The van der Waals surface area contributed by atoms with E-state index < -0.39 is 17.6 Å². The third-order valence-corrected chi connectivity index (χ3v) is 5.46. The molecule has 30 heavy (non-hydrogen) atoms. The molecular weight excluding hydrogens is 382 g/mol. The second kappa shape index (κ2) is 7.82. The molecule has 6 heteroatoms. The molecule has 3 N–H and O–H groups in total. The Kier molecular flexibility index (Phi) is 5.20. The van der Waals surface area contributed by atoms with Crippen LogP contribution in [-0.4, -0.2) is 29.3 Å². The minimum atomic E-state index is -1.86. The molecule has 1 aliphatic rings. The fourth-order valence-electron chi connectivity index (χ4n) is 3.99. The van der Waals surface area contributed by atoms with Crippen LogP contribution in [-0.2, 0) is 15.1 Å². The number of aromatic hydroxyl groups is 1. The highest BCUT2D eigenvalue weighted by Crippen LogP contribution is 2.48. The minimum Gasteiger partial charge on any atom is -0.507 e. The number of hydrogen-bond acceptors (Lipinski definition) is 5. The van der Waals surface area contributed by atoms with Crippen molar-refractivity contribution in [1.29, 1.82) is 0 Å². The molecule has 1 aromatic heterocycles. The first-order valence-corrected chi connectivity index (χ1v) is 9.73. The van der Waals surface area contributed by atoms with Crippen LogP contribution in [0.15, 0.2) is 65.3 Å². The van der Waals surface area contributed by atoms with Crippen molar-refractivity contribution in [2.24, 2.45) is 0 Å². The molecule has 3 aromatic rings. The lowest BCUT2D eigenvalue weighted by Crippen LogP contribution is -2.52. The van der Waals surface area contributed by atoms with Crippen molar-refractivity contribution in [2.45, 2.75) is 25.0 Å². The van der Waals surface area contributed by atoms with Crippen LogP contribution in [0.4, 0.5) is 5.69 Å². The molecule has 6 nitrogen and oxygen atoms in total. The van der Waals surface area contributed by atoms with Gasteiger partial charge in [-0.05, 0) is 47.9 Å². The summed E-state index contributed by atoms with van der Waals surface area (Å²) in [5.74, 6) is 0.0956. The molecule has 0 spiro atoms. The Hall–Kier alpha value is -3.35. The maximum absolute atomic E-state index is 12.7. The van der Waals surface area contributed by atoms with Crippen molar-refractivity contribution in [1.82, 2.24) is 0 Å². The van der Waals surface area contributed by atoms with Crippen LogP contribution in [0.5, 0.6) is 5.75 Å². The van der Waals surface area contributed by atoms with E-state index in [-0.39, 0.29) is 11.3 Å². The fourth-order valence-corrected chi connectivity index (χ4v) is 3.99. The summed E-state index contributed by atoms with van der Waals surface area (Å²) in [6, 6.07) is 15.8. The van der Waals surface area contributed by atoms with Crippen LogP contribution < -0.4 is 5.32 Å². The van der Waals surface area contributed by atoms with E-state index in [2.05, 4.69) is 5.32 Å². The molecule has 0 aliphatic carbocycles. The monoisotopic (exact) mass is 405 g/mol. The molecule has 4 rings (SSSR count). The average molecular weight is 405 g/mol. The maximum Gasteiger partial charge on any atom is 0.257 e. The van der Waals surface area contributed by atoms with Gasteiger partial charge in [0.2, 0.25) is 0 Å². The lowest BCUT2D eigenvalue weighted by molar-refractivity contribution is -0.142. The van der Waals surface area contributed by atoms with Crippen LogP contribution in [0.2, 0.25) is 0 Å². The van der Waals surface area contributed by atoms with E-state index in [1.165, 1.54) is 7.11 Å². The van der Waals surface area contributed by atoms with Crippen LogP contribution in [0, 0.1) is 0 Å². The van der Waals surface area contributed by atoms with Gasteiger partial charge in [-0.3, -0.25) is 4.79 Å². The van der Waals surface area contributed by atoms with E-state index in [9.17, 15) is 15.0 Å². The van der Waals surface area contributed by atoms with Crippen LogP contribution >= 0.6 is 0 Å². The first-order valence-electron chi connectivity index (χ1n) is 9.73. The molecule has 2 heterocycles. The molecule has 154 valence electrons. The van der Waals surface area contributed by atoms with Gasteiger partial charge in [0, 0.05) is 12.7 Å². The fraction of sp³-hybridized carbons (Fsp3) is 0.208. The van der Waals surface area contributed by atoms with E-state index in [0.717, 1.165) is 5.57 Å². The van der Waals surface area contributed by atoms with Gasteiger partial charge >= 0.3 is 0 Å². The summed E-state index contributed by atoms with van der Waals surface area (Å²) in [5, 5.41) is 25.8. The van der Waals surface area contributed by atoms with Gasteiger partial charge in [0.1, 0.15) is 11.5 Å². The van der Waals surface area contributed by atoms with Crippen molar-refractivity contribution in [2.75, 3.05) is 12.4 Å². The highest BCUT2D eigenvalue weighted by molar-refractivity contribution is 6.01. The van der Waals surface area contributed by atoms with E-state index in [1.807, 2.05) is 25.1 Å². The summed E-state index contributed by atoms with van der Waals surface area (Å²) in [6.07, 6.45) is 2.87. The van der Waals surface area contributed by atoms with Crippen molar-refractivity contribution in [3.63, 3.8) is 0 Å². The summed E-state index contributed by atoms with van der Waals surface area (Å²) in [6.45, 7) is 1.99. The topological polar surface area (TPSA) is 91.9 Å². The Morgan fingerprint density at radius 2 is 1.97 bits per heavy atom. The van der Waals surface area contributed by atoms with Gasteiger partial charge in [0.25, 0.3) is 5.91 Å². The molecule has 0 saturated carbocycles. The highest BCUT2D eigenvalue weighted by atomic mass is 16.5. The first-order chi connectivity index (χ1) is 14.5. The number of phenolic OH excluding ortho intramolecular Hbond substituents is 1. The number of anilines is 1. The number of methoxy groups -OCH3 is 1. The van der Waals surface area contributed by atoms with Gasteiger partial charge in [-0.1, -0.05) is 37.3 Å². The number of nitrogens with one attached hydrogen (secondary N) is 1. The number of allylic oxidation sites excluding steroid dienone is 1. The van der Waals surface area contributed by atoms with E-state index in [0.29, 0.717) is 29.0 Å². The number of carbonyl (C=O) groups is 1. The Morgan fingerprint density at radius 1 is 1.20 bits per heavy atom. The molecule has 1 amide bonds. The molecule has 0 saturated heterocycles. The van der Waals surface area contributed by atoms with Gasteiger partial charge in [-0.2, -0.15) is 0 Å². The molecule has 0 radical (unpaired) electrons. The Balaban J connectivity index is 1.94. The predicted octanol–water partition coefficient (Wildman–Crippen LogP) is 4.14. The SMILES string of the molecule is CCC(=Cc1ccc2c(c1O)C(O)(c1ccccc1)C(OC)C(=O)N2)c1ccco1. The molecule has 2 atom stereocenters. The molecule has 2 aromatic carbocycles. The summed E-state index contributed by atoms with van der Waals surface area (Å²) < 4.78 is 10.9. The first kappa shape index (κ1) is 19.9. The standard InChI is InChI=1S/C24H23NO5/c1-3-15(19-10-7-13-30-19)14-16-11-12-18-20(21(16)26)24(28,17-8-5-4-6-9-17)22(29-2)23(27)25-18/h4-14,22,26,28H,3H2,1-2H3,(H,25,27). The Labute approximate surface area is 174 Å². The van der Waals surface area contributed by atoms with Crippen molar-refractivity contribution in [3.8, 4) is 5.75 Å². The normalized spacial score (nSPS) is 21.2. The summed E-state index contributed by atoms with van der Waals surface area (Å²) in [7, 11) is 1.36. The zero-order valence-electron chi connectivity index (χ0n) is 16.8. The summed E-state index contributed by atoms with van der Waals surface area (Å²) in [4.78, 5) is 12.7. The number of furan rings is 1. The van der Waals surface area contributed by atoms with Crippen LogP contribution in [0.1, 0.15) is 35.8 Å². The number of carbonyl (C=O) groups excluding carboxylic acids is 1. The molecular formula is C24H23NO5. The van der Waals surface area contributed by atoms with Gasteiger partial charge in [-0.25, -0.2) is 0 Å². The van der Waals surface area contributed by atoms with E-state index in [4.69, 9.17) is 9.15 Å². The largest absolute Gasteiger partial charge is 0.507 e. The van der Waals surface area contributed by atoms with Gasteiger partial charge in [0.05, 0.1) is 17.5 Å². The van der Waals surface area contributed by atoms with Crippen molar-refractivity contribution in [3.05, 3.63) is 83.3 Å². The predicted molar refractivity (Wildman–Crippen MR) is 114 cm³/mol. The smallest absolute Gasteiger partial charge is 0.257 e. The van der Waals surface area contributed by atoms with Crippen molar-refractivity contribution < 1.29 is 24.2 Å². The number of aliphatic hydroxyl groups is 1. The third kappa shape index (κ3) is 3.10.